The zero-order valence-electron chi connectivity index (χ0n) is 14.5. The van der Waals surface area contributed by atoms with Crippen molar-refractivity contribution in [3.63, 3.8) is 0 Å². The Bertz CT molecular complexity index is 738. The first-order valence-corrected chi connectivity index (χ1v) is 9.10. The highest BCUT2D eigenvalue weighted by Crippen LogP contribution is 2.29. The molecule has 1 heterocycles. The lowest BCUT2D eigenvalue weighted by Crippen LogP contribution is -2.46. The average Bonchev–Trinajstić information content (AvgIpc) is 3.07. The second kappa shape index (κ2) is 8.44. The van der Waals surface area contributed by atoms with Gasteiger partial charge in [0, 0.05) is 19.0 Å². The number of carboxylic acids is 1. The van der Waals surface area contributed by atoms with E-state index in [4.69, 9.17) is 0 Å². The fourth-order valence-corrected chi connectivity index (χ4v) is 3.97. The zero-order valence-corrected chi connectivity index (χ0v) is 15.3. The Hall–Kier alpha value is -2.22. The van der Waals surface area contributed by atoms with Crippen LogP contribution < -0.4 is 0 Å². The van der Waals surface area contributed by atoms with E-state index < -0.39 is 40.7 Å². The minimum Gasteiger partial charge on any atom is -0.480 e. The Labute approximate surface area is 154 Å². The number of carbonyl (C=O) groups is 4. The van der Waals surface area contributed by atoms with E-state index in [1.807, 2.05) is 0 Å². The van der Waals surface area contributed by atoms with E-state index >= 15 is 0 Å². The highest BCUT2D eigenvalue weighted by atomic mass is 32.2. The summed E-state index contributed by atoms with van der Waals surface area (Å²) in [5.41, 5.74) is 0.0691. The smallest absolute Gasteiger partial charge is 0.326 e. The maximum absolute atomic E-state index is 13.4. The fourth-order valence-electron chi connectivity index (χ4n) is 3.05. The predicted molar refractivity (Wildman–Crippen MR) is 94.3 cm³/mol. The molecule has 0 radical (unpaired) electrons. The molecule has 0 spiro atoms. The summed E-state index contributed by atoms with van der Waals surface area (Å²) in [7, 11) is 0. The minimum atomic E-state index is -1.09. The summed E-state index contributed by atoms with van der Waals surface area (Å²) in [5, 5.41) is 7.86. The predicted octanol–water partition coefficient (Wildman–Crippen LogP) is 2.37. The van der Waals surface area contributed by atoms with Gasteiger partial charge in [-0.1, -0.05) is 30.8 Å². The van der Waals surface area contributed by atoms with E-state index in [0.29, 0.717) is 31.1 Å². The number of aliphatic carboxylic acids is 1. The summed E-state index contributed by atoms with van der Waals surface area (Å²) in [4.78, 5) is 49.7. The van der Waals surface area contributed by atoms with Crippen LogP contribution >= 0.6 is 11.8 Å². The van der Waals surface area contributed by atoms with Crippen LogP contribution in [0.1, 0.15) is 37.0 Å². The number of thioether (sulfide) groups is 1. The van der Waals surface area contributed by atoms with Crippen LogP contribution in [0.25, 0.3) is 0 Å². The number of hydrogen-bond donors (Lipinski definition) is 1. The molecule has 1 saturated heterocycles. The van der Waals surface area contributed by atoms with Crippen molar-refractivity contribution in [2.24, 2.45) is 5.92 Å². The molecule has 8 heteroatoms. The Balaban J connectivity index is 2.27. The van der Waals surface area contributed by atoms with Gasteiger partial charge in [0.1, 0.15) is 11.9 Å². The van der Waals surface area contributed by atoms with E-state index in [0.717, 1.165) is 6.07 Å². The van der Waals surface area contributed by atoms with Gasteiger partial charge >= 0.3 is 5.97 Å². The van der Waals surface area contributed by atoms with Crippen molar-refractivity contribution < 1.29 is 28.7 Å². The van der Waals surface area contributed by atoms with Crippen molar-refractivity contribution in [3.8, 4) is 0 Å². The van der Waals surface area contributed by atoms with Gasteiger partial charge in [0.25, 0.3) is 0 Å². The second-order valence-electron chi connectivity index (χ2n) is 6.22. The molecular weight excluding hydrogens is 361 g/mol. The normalized spacial score (nSPS) is 19.0. The molecule has 140 valence electrons. The Morgan fingerprint density at radius 3 is 2.58 bits per heavy atom. The van der Waals surface area contributed by atoms with Gasteiger partial charge in [-0.15, -0.1) is 0 Å². The lowest BCUT2D eigenvalue weighted by molar-refractivity contribution is -0.149. The molecule has 1 N–H and O–H groups in total. The monoisotopic (exact) mass is 381 g/mol. The number of Topliss-reactive ketones (excluding diaryl/α,β-unsaturated/α-hetero) is 1. The lowest BCUT2D eigenvalue weighted by Gasteiger charge is -2.28. The quantitative estimate of drug-likeness (QED) is 0.761. The molecule has 0 aliphatic carbocycles. The first kappa shape index (κ1) is 20.1. The fraction of sp³-hybridized carbons (Fsp3) is 0.444. The number of hydrogen-bond acceptors (Lipinski definition) is 5. The molecular formula is C18H20FNO5S. The number of rotatable bonds is 6. The number of carboxylic acid groups (broad SMARTS) is 1. The zero-order chi connectivity index (χ0) is 19.4. The molecule has 26 heavy (non-hydrogen) atoms. The molecule has 1 aromatic rings. The van der Waals surface area contributed by atoms with Crippen LogP contribution in [0, 0.1) is 11.7 Å². The number of likely N-dealkylation sites (tertiary alicyclic amines) is 1. The summed E-state index contributed by atoms with van der Waals surface area (Å²) < 4.78 is 13.4. The molecule has 0 aromatic heterocycles. The average molecular weight is 381 g/mol. The van der Waals surface area contributed by atoms with Gasteiger partial charge in [0.05, 0.1) is 11.2 Å². The molecule has 1 fully saturated rings. The SMILES string of the molecule is CC(=O)S[C@H](C(=O)c1cccc(F)c1)[C@@H](C)C(=O)N1CCC[C@H]1C(=O)O. The van der Waals surface area contributed by atoms with E-state index in [1.54, 1.807) is 0 Å². The number of benzene rings is 1. The van der Waals surface area contributed by atoms with E-state index in [2.05, 4.69) is 0 Å². The van der Waals surface area contributed by atoms with Gasteiger partial charge in [0.2, 0.25) is 5.91 Å². The van der Waals surface area contributed by atoms with E-state index in [9.17, 15) is 28.7 Å². The molecule has 1 aliphatic heterocycles. The van der Waals surface area contributed by atoms with Crippen molar-refractivity contribution in [3.05, 3.63) is 35.6 Å². The first-order chi connectivity index (χ1) is 12.2. The van der Waals surface area contributed by atoms with Gasteiger partial charge in [0.15, 0.2) is 10.9 Å². The third-order valence-electron chi connectivity index (χ3n) is 4.33. The molecule has 1 aliphatic rings. The standard InChI is InChI=1S/C18H20FNO5S/c1-10(17(23)20-8-4-7-14(20)18(24)25)16(26-11(2)21)15(22)12-5-3-6-13(19)9-12/h3,5-6,9-10,14,16H,4,7-8H2,1-2H3,(H,24,25)/t10-,14+,16+/m1/s1. The highest BCUT2D eigenvalue weighted by Gasteiger charge is 2.40. The van der Waals surface area contributed by atoms with Crippen LogP contribution in [-0.2, 0) is 14.4 Å². The van der Waals surface area contributed by atoms with Crippen LogP contribution in [0.15, 0.2) is 24.3 Å². The van der Waals surface area contributed by atoms with Crippen molar-refractivity contribution >= 4 is 34.5 Å². The molecule has 3 atom stereocenters. The number of carbonyl (C=O) groups excluding carboxylic acids is 3. The Morgan fingerprint density at radius 2 is 2.00 bits per heavy atom. The lowest BCUT2D eigenvalue weighted by atomic mass is 9.97. The van der Waals surface area contributed by atoms with Gasteiger partial charge in [-0.2, -0.15) is 0 Å². The molecule has 0 bridgehead atoms. The third-order valence-corrected chi connectivity index (χ3v) is 5.53. The van der Waals surface area contributed by atoms with E-state index in [-0.39, 0.29) is 10.7 Å². The Morgan fingerprint density at radius 1 is 1.31 bits per heavy atom. The van der Waals surface area contributed by atoms with Crippen molar-refractivity contribution in [1.29, 1.82) is 0 Å². The van der Waals surface area contributed by atoms with Crippen LogP contribution in [-0.4, -0.2) is 50.6 Å². The third kappa shape index (κ3) is 4.49. The van der Waals surface area contributed by atoms with Crippen LogP contribution in [0.2, 0.25) is 0 Å². The topological polar surface area (TPSA) is 91.8 Å². The molecule has 0 unspecified atom stereocenters. The van der Waals surface area contributed by atoms with E-state index in [1.165, 1.54) is 36.9 Å². The molecule has 0 saturated carbocycles. The van der Waals surface area contributed by atoms with Gasteiger partial charge < -0.3 is 10.0 Å². The number of nitrogens with zero attached hydrogens (tertiary/aromatic N) is 1. The number of halogens is 1. The van der Waals surface area contributed by atoms with Crippen LogP contribution in [0.3, 0.4) is 0 Å². The number of ketones is 1. The van der Waals surface area contributed by atoms with Crippen molar-refractivity contribution in [2.75, 3.05) is 6.54 Å². The maximum Gasteiger partial charge on any atom is 0.326 e. The first-order valence-electron chi connectivity index (χ1n) is 8.22. The largest absolute Gasteiger partial charge is 0.480 e. The number of amides is 1. The van der Waals surface area contributed by atoms with Gasteiger partial charge in [-0.05, 0) is 25.0 Å². The summed E-state index contributed by atoms with van der Waals surface area (Å²) in [6, 6.07) is 4.14. The summed E-state index contributed by atoms with van der Waals surface area (Å²) in [5.74, 6) is -3.61. The molecule has 1 aromatic carbocycles. The van der Waals surface area contributed by atoms with Gasteiger partial charge in [-0.25, -0.2) is 9.18 Å². The van der Waals surface area contributed by atoms with Crippen LogP contribution in [0.5, 0.6) is 0 Å². The molecule has 2 rings (SSSR count). The second-order valence-corrected chi connectivity index (χ2v) is 7.54. The molecule has 6 nitrogen and oxygen atoms in total. The highest BCUT2D eigenvalue weighted by molar-refractivity contribution is 8.14. The summed E-state index contributed by atoms with van der Waals surface area (Å²) >= 11 is 0.707. The van der Waals surface area contributed by atoms with Crippen molar-refractivity contribution in [1.82, 2.24) is 4.90 Å². The Kier molecular flexibility index (Phi) is 6.52. The van der Waals surface area contributed by atoms with Crippen LogP contribution in [0.4, 0.5) is 4.39 Å². The minimum absolute atomic E-state index is 0.0691. The summed E-state index contributed by atoms with van der Waals surface area (Å²) in [6.45, 7) is 3.08. The van der Waals surface area contributed by atoms with Gasteiger partial charge in [-0.3, -0.25) is 14.4 Å². The van der Waals surface area contributed by atoms with Crippen molar-refractivity contribution in [2.45, 2.75) is 38.0 Å². The summed E-state index contributed by atoms with van der Waals surface area (Å²) in [6.07, 6.45) is 0.925. The molecule has 1 amide bonds. The maximum atomic E-state index is 13.4.